The fourth-order valence-electron chi connectivity index (χ4n) is 1.18. The van der Waals surface area contributed by atoms with E-state index in [1.165, 1.54) is 11.3 Å². The highest BCUT2D eigenvalue weighted by atomic mass is 32.1. The molecule has 0 aliphatic carbocycles. The molecule has 0 aromatic carbocycles. The van der Waals surface area contributed by atoms with Crippen LogP contribution >= 0.6 is 11.3 Å². The van der Waals surface area contributed by atoms with Crippen LogP contribution in [0.25, 0.3) is 0 Å². The van der Waals surface area contributed by atoms with Crippen LogP contribution in [-0.4, -0.2) is 44.4 Å². The summed E-state index contributed by atoms with van der Waals surface area (Å²) in [4.78, 5) is 17.6. The van der Waals surface area contributed by atoms with Crippen molar-refractivity contribution < 1.29 is 14.3 Å². The van der Waals surface area contributed by atoms with Gasteiger partial charge in [0.15, 0.2) is 10.8 Å². The van der Waals surface area contributed by atoms with Gasteiger partial charge in [0.2, 0.25) is 0 Å². The smallest absolute Gasteiger partial charge is 0.357 e. The van der Waals surface area contributed by atoms with Crippen molar-refractivity contribution in [3.8, 4) is 0 Å². The van der Waals surface area contributed by atoms with Crippen LogP contribution in [0.5, 0.6) is 0 Å². The second-order valence-corrected chi connectivity index (χ2v) is 4.19. The fraction of sp³-hybridized carbons (Fsp3) is 0.636. The van der Waals surface area contributed by atoms with Crippen molar-refractivity contribution >= 4 is 22.4 Å². The number of nitrogens with zero attached hydrogens (tertiary/aromatic N) is 2. The third-order valence-corrected chi connectivity index (χ3v) is 3.03. The molecule has 1 rings (SSSR count). The SMILES string of the molecule is CCOCCN(C)c1nc(C(=O)OCC)cs1. The molecule has 1 heterocycles. The molecule has 0 saturated heterocycles. The largest absolute Gasteiger partial charge is 0.461 e. The first kappa shape index (κ1) is 13.9. The van der Waals surface area contributed by atoms with Crippen LogP contribution in [0.2, 0.25) is 0 Å². The van der Waals surface area contributed by atoms with Crippen molar-refractivity contribution in [1.82, 2.24) is 4.98 Å². The molecule has 0 fully saturated rings. The van der Waals surface area contributed by atoms with Gasteiger partial charge in [-0.2, -0.15) is 0 Å². The van der Waals surface area contributed by atoms with Crippen LogP contribution in [0.4, 0.5) is 5.13 Å². The minimum Gasteiger partial charge on any atom is -0.461 e. The summed E-state index contributed by atoms with van der Waals surface area (Å²) in [5.41, 5.74) is 0.370. The van der Waals surface area contributed by atoms with E-state index in [4.69, 9.17) is 9.47 Å². The minimum absolute atomic E-state index is 0.367. The monoisotopic (exact) mass is 258 g/mol. The highest BCUT2D eigenvalue weighted by Gasteiger charge is 2.13. The zero-order valence-electron chi connectivity index (χ0n) is 10.4. The van der Waals surface area contributed by atoms with Gasteiger partial charge >= 0.3 is 5.97 Å². The molecule has 6 heteroatoms. The molecule has 0 spiro atoms. The molecule has 0 unspecified atom stereocenters. The molecule has 5 nitrogen and oxygen atoms in total. The van der Waals surface area contributed by atoms with E-state index in [1.54, 1.807) is 12.3 Å². The van der Waals surface area contributed by atoms with E-state index in [9.17, 15) is 4.79 Å². The zero-order chi connectivity index (χ0) is 12.7. The summed E-state index contributed by atoms with van der Waals surface area (Å²) in [6.07, 6.45) is 0. The Hall–Kier alpha value is -1.14. The Labute approximate surface area is 105 Å². The number of aromatic nitrogens is 1. The van der Waals surface area contributed by atoms with Crippen molar-refractivity contribution in [2.24, 2.45) is 0 Å². The number of esters is 1. The van der Waals surface area contributed by atoms with E-state index in [1.807, 2.05) is 18.9 Å². The van der Waals surface area contributed by atoms with Gasteiger partial charge in [-0.05, 0) is 13.8 Å². The van der Waals surface area contributed by atoms with E-state index < -0.39 is 0 Å². The average molecular weight is 258 g/mol. The van der Waals surface area contributed by atoms with E-state index in [2.05, 4.69) is 4.98 Å². The van der Waals surface area contributed by atoms with Gasteiger partial charge < -0.3 is 14.4 Å². The van der Waals surface area contributed by atoms with Gasteiger partial charge in [0.1, 0.15) is 0 Å². The van der Waals surface area contributed by atoms with Crippen LogP contribution in [0.3, 0.4) is 0 Å². The number of hydrogen-bond donors (Lipinski definition) is 0. The molecule has 1 aromatic heterocycles. The van der Waals surface area contributed by atoms with Crippen LogP contribution in [0, 0.1) is 0 Å². The molecule has 0 radical (unpaired) electrons. The number of hydrogen-bond acceptors (Lipinski definition) is 6. The molecule has 96 valence electrons. The third-order valence-electron chi connectivity index (χ3n) is 2.08. The Morgan fingerprint density at radius 3 is 2.88 bits per heavy atom. The molecule has 0 saturated carbocycles. The van der Waals surface area contributed by atoms with Crippen LogP contribution in [0.15, 0.2) is 5.38 Å². The Balaban J connectivity index is 2.51. The van der Waals surface area contributed by atoms with Gasteiger partial charge in [0.25, 0.3) is 0 Å². The lowest BCUT2D eigenvalue weighted by Crippen LogP contribution is -2.22. The van der Waals surface area contributed by atoms with Crippen molar-refractivity contribution in [2.45, 2.75) is 13.8 Å². The Morgan fingerprint density at radius 1 is 1.47 bits per heavy atom. The van der Waals surface area contributed by atoms with E-state index in [0.29, 0.717) is 25.5 Å². The van der Waals surface area contributed by atoms with Crippen LogP contribution in [-0.2, 0) is 9.47 Å². The number of ether oxygens (including phenoxy) is 2. The normalized spacial score (nSPS) is 10.3. The first-order chi connectivity index (χ1) is 8.19. The summed E-state index contributed by atoms with van der Waals surface area (Å²) in [6, 6.07) is 0. The van der Waals surface area contributed by atoms with Crippen molar-refractivity contribution in [3.05, 3.63) is 11.1 Å². The molecule has 0 bridgehead atoms. The topological polar surface area (TPSA) is 51.7 Å². The molecule has 0 aliphatic rings. The van der Waals surface area contributed by atoms with E-state index >= 15 is 0 Å². The summed E-state index contributed by atoms with van der Waals surface area (Å²) < 4.78 is 10.1. The third kappa shape index (κ3) is 4.32. The maximum Gasteiger partial charge on any atom is 0.357 e. The number of carbonyl (C=O) groups excluding carboxylic acids is 1. The number of likely N-dealkylation sites (N-methyl/N-ethyl adjacent to an activating group) is 1. The molecular weight excluding hydrogens is 240 g/mol. The molecule has 0 amide bonds. The number of thiazole rings is 1. The van der Waals surface area contributed by atoms with Crippen molar-refractivity contribution in [3.63, 3.8) is 0 Å². The first-order valence-corrected chi connectivity index (χ1v) is 6.48. The molecule has 0 N–H and O–H groups in total. The lowest BCUT2D eigenvalue weighted by molar-refractivity contribution is 0.0520. The molecule has 0 atom stereocenters. The number of anilines is 1. The second kappa shape index (κ2) is 7.24. The van der Waals surface area contributed by atoms with Gasteiger partial charge in [-0.25, -0.2) is 9.78 Å². The Morgan fingerprint density at radius 2 is 2.24 bits per heavy atom. The maximum absolute atomic E-state index is 11.4. The van der Waals surface area contributed by atoms with Crippen molar-refractivity contribution in [1.29, 1.82) is 0 Å². The van der Waals surface area contributed by atoms with E-state index in [0.717, 1.165) is 11.7 Å². The molecule has 0 aliphatic heterocycles. The van der Waals surface area contributed by atoms with Gasteiger partial charge in [-0.15, -0.1) is 11.3 Å². The molecule has 1 aromatic rings. The summed E-state index contributed by atoms with van der Waals surface area (Å²) in [5, 5.41) is 2.51. The molecule has 17 heavy (non-hydrogen) atoms. The standard InChI is InChI=1S/C11H18N2O3S/c1-4-15-7-6-13(3)11-12-9(8-17-11)10(14)16-5-2/h8H,4-7H2,1-3H3. The minimum atomic E-state index is -0.367. The number of rotatable bonds is 7. The molecular formula is C11H18N2O3S. The lowest BCUT2D eigenvalue weighted by Gasteiger charge is -2.14. The summed E-state index contributed by atoms with van der Waals surface area (Å²) in [7, 11) is 1.92. The summed E-state index contributed by atoms with van der Waals surface area (Å²) in [5.74, 6) is -0.367. The predicted molar refractivity (Wildman–Crippen MR) is 67.8 cm³/mol. The average Bonchev–Trinajstić information content (AvgIpc) is 2.79. The van der Waals surface area contributed by atoms with Gasteiger partial charge in [0.05, 0.1) is 13.2 Å². The Kier molecular flexibility index (Phi) is 5.93. The van der Waals surface area contributed by atoms with Crippen molar-refractivity contribution in [2.75, 3.05) is 38.3 Å². The second-order valence-electron chi connectivity index (χ2n) is 3.35. The fourth-order valence-corrected chi connectivity index (χ4v) is 1.97. The summed E-state index contributed by atoms with van der Waals surface area (Å²) >= 11 is 1.43. The van der Waals surface area contributed by atoms with Gasteiger partial charge in [-0.1, -0.05) is 0 Å². The number of carbonyl (C=O) groups is 1. The highest BCUT2D eigenvalue weighted by Crippen LogP contribution is 2.19. The highest BCUT2D eigenvalue weighted by molar-refractivity contribution is 7.13. The Bertz CT molecular complexity index is 354. The first-order valence-electron chi connectivity index (χ1n) is 5.60. The zero-order valence-corrected chi connectivity index (χ0v) is 11.2. The summed E-state index contributed by atoms with van der Waals surface area (Å²) in [6.45, 7) is 6.22. The van der Waals surface area contributed by atoms with E-state index in [-0.39, 0.29) is 5.97 Å². The van der Waals surface area contributed by atoms with Crippen LogP contribution in [0.1, 0.15) is 24.3 Å². The van der Waals surface area contributed by atoms with Crippen LogP contribution < -0.4 is 4.90 Å². The van der Waals surface area contributed by atoms with Gasteiger partial charge in [-0.3, -0.25) is 0 Å². The maximum atomic E-state index is 11.4. The van der Waals surface area contributed by atoms with Gasteiger partial charge in [0, 0.05) is 25.6 Å². The lowest BCUT2D eigenvalue weighted by atomic mass is 10.5. The quantitative estimate of drug-likeness (QED) is 0.551. The predicted octanol–water partition coefficient (Wildman–Crippen LogP) is 1.79.